The molecule has 152 valence electrons. The van der Waals surface area contributed by atoms with Gasteiger partial charge in [-0.2, -0.15) is 0 Å². The number of pyridine rings is 1. The Labute approximate surface area is 169 Å². The van der Waals surface area contributed by atoms with Crippen LogP contribution in [0.25, 0.3) is 5.65 Å². The summed E-state index contributed by atoms with van der Waals surface area (Å²) in [6.07, 6.45) is 5.64. The second-order valence-corrected chi connectivity index (χ2v) is 7.50. The molecule has 0 unspecified atom stereocenters. The number of rotatable bonds is 6. The van der Waals surface area contributed by atoms with E-state index in [0.717, 1.165) is 23.0 Å². The van der Waals surface area contributed by atoms with E-state index >= 15 is 0 Å². The standard InChI is InChI=1S/C20H25N7O2/c1-25(2)18-9-19(23-13-22-18)27-12-16(28)8-15(27)10-21-20(29)7-14-11-26-6-4-3-5-17(26)24-14/h3-6,9,11,13,15-16,28H,7-8,10,12H2,1-2H3,(H,21,29)/t15-,16-/m1/s1. The van der Waals surface area contributed by atoms with Crippen LogP contribution in [0.5, 0.6) is 0 Å². The largest absolute Gasteiger partial charge is 0.391 e. The molecule has 0 aromatic carbocycles. The van der Waals surface area contributed by atoms with Crippen molar-refractivity contribution in [3.63, 3.8) is 0 Å². The topological polar surface area (TPSA) is 98.9 Å². The minimum absolute atomic E-state index is 0.0278. The molecular weight excluding hydrogens is 370 g/mol. The Balaban J connectivity index is 1.39. The number of hydrogen-bond acceptors (Lipinski definition) is 7. The first-order chi connectivity index (χ1) is 14.0. The van der Waals surface area contributed by atoms with Crippen LogP contribution in [0.3, 0.4) is 0 Å². The van der Waals surface area contributed by atoms with Gasteiger partial charge in [0.1, 0.15) is 23.6 Å². The van der Waals surface area contributed by atoms with Gasteiger partial charge in [-0.1, -0.05) is 6.07 Å². The first kappa shape index (κ1) is 19.1. The number of aliphatic hydroxyl groups is 1. The molecule has 0 radical (unpaired) electrons. The lowest BCUT2D eigenvalue weighted by molar-refractivity contribution is -0.120. The van der Waals surface area contributed by atoms with E-state index in [0.29, 0.717) is 19.5 Å². The summed E-state index contributed by atoms with van der Waals surface area (Å²) in [5.41, 5.74) is 1.55. The van der Waals surface area contributed by atoms with Gasteiger partial charge in [0.2, 0.25) is 5.91 Å². The predicted molar refractivity (Wildman–Crippen MR) is 110 cm³/mol. The van der Waals surface area contributed by atoms with E-state index in [9.17, 15) is 9.90 Å². The molecule has 29 heavy (non-hydrogen) atoms. The highest BCUT2D eigenvalue weighted by atomic mass is 16.3. The summed E-state index contributed by atoms with van der Waals surface area (Å²) in [5.74, 6) is 1.46. The van der Waals surface area contributed by atoms with Crippen LogP contribution in [0, 0.1) is 0 Å². The lowest BCUT2D eigenvalue weighted by Gasteiger charge is -2.26. The van der Waals surface area contributed by atoms with Gasteiger partial charge in [-0.15, -0.1) is 0 Å². The second-order valence-electron chi connectivity index (χ2n) is 7.50. The summed E-state index contributed by atoms with van der Waals surface area (Å²) >= 11 is 0. The molecule has 0 bridgehead atoms. The molecule has 9 nitrogen and oxygen atoms in total. The van der Waals surface area contributed by atoms with Crippen molar-refractivity contribution < 1.29 is 9.90 Å². The fraction of sp³-hybridized carbons (Fsp3) is 0.400. The van der Waals surface area contributed by atoms with Crippen LogP contribution in [0.1, 0.15) is 12.1 Å². The van der Waals surface area contributed by atoms with Crippen molar-refractivity contribution in [2.45, 2.75) is 25.0 Å². The number of nitrogens with zero attached hydrogens (tertiary/aromatic N) is 6. The Morgan fingerprint density at radius 3 is 3.00 bits per heavy atom. The molecule has 9 heteroatoms. The number of aliphatic hydroxyl groups excluding tert-OH is 1. The average Bonchev–Trinajstić information content (AvgIpc) is 3.28. The van der Waals surface area contributed by atoms with Crippen molar-refractivity contribution in [1.29, 1.82) is 0 Å². The summed E-state index contributed by atoms with van der Waals surface area (Å²) in [7, 11) is 3.84. The monoisotopic (exact) mass is 395 g/mol. The highest BCUT2D eigenvalue weighted by molar-refractivity contribution is 5.78. The van der Waals surface area contributed by atoms with Crippen molar-refractivity contribution in [2.75, 3.05) is 37.0 Å². The molecular formula is C20H25N7O2. The Morgan fingerprint density at radius 2 is 2.21 bits per heavy atom. The summed E-state index contributed by atoms with van der Waals surface area (Å²) in [4.78, 5) is 29.4. The molecule has 0 saturated carbocycles. The number of aromatic nitrogens is 4. The van der Waals surface area contributed by atoms with Gasteiger partial charge < -0.3 is 24.6 Å². The first-order valence-corrected chi connectivity index (χ1v) is 9.63. The van der Waals surface area contributed by atoms with Crippen LogP contribution in [-0.4, -0.2) is 69.7 Å². The minimum Gasteiger partial charge on any atom is -0.391 e. The van der Waals surface area contributed by atoms with Crippen LogP contribution in [0.2, 0.25) is 0 Å². The van der Waals surface area contributed by atoms with Crippen LogP contribution in [-0.2, 0) is 11.2 Å². The first-order valence-electron chi connectivity index (χ1n) is 9.63. The normalized spacial score (nSPS) is 18.9. The molecule has 1 saturated heterocycles. The van der Waals surface area contributed by atoms with Crippen molar-refractivity contribution in [3.8, 4) is 0 Å². The molecule has 4 rings (SSSR count). The van der Waals surface area contributed by atoms with E-state index in [1.165, 1.54) is 6.33 Å². The summed E-state index contributed by atoms with van der Waals surface area (Å²) in [6, 6.07) is 7.61. The number of imidazole rings is 1. The van der Waals surface area contributed by atoms with E-state index in [2.05, 4.69) is 20.3 Å². The van der Waals surface area contributed by atoms with E-state index in [1.54, 1.807) is 0 Å². The Bertz CT molecular complexity index is 970. The minimum atomic E-state index is -0.451. The zero-order valence-electron chi connectivity index (χ0n) is 16.6. The van der Waals surface area contributed by atoms with Gasteiger partial charge in [0.25, 0.3) is 0 Å². The quantitative estimate of drug-likeness (QED) is 0.627. The molecule has 3 aromatic rings. The van der Waals surface area contributed by atoms with Crippen LogP contribution >= 0.6 is 0 Å². The van der Waals surface area contributed by atoms with Crippen LogP contribution in [0.15, 0.2) is 43.0 Å². The van der Waals surface area contributed by atoms with Gasteiger partial charge in [-0.25, -0.2) is 15.0 Å². The highest BCUT2D eigenvalue weighted by Crippen LogP contribution is 2.25. The molecule has 1 amide bonds. The number of fused-ring (bicyclic) bond motifs is 1. The third kappa shape index (κ3) is 4.29. The van der Waals surface area contributed by atoms with Gasteiger partial charge >= 0.3 is 0 Å². The number of amides is 1. The fourth-order valence-corrected chi connectivity index (χ4v) is 3.64. The molecule has 4 heterocycles. The van der Waals surface area contributed by atoms with Crippen molar-refractivity contribution >= 4 is 23.2 Å². The molecule has 3 aromatic heterocycles. The third-order valence-corrected chi connectivity index (χ3v) is 5.07. The molecule has 1 fully saturated rings. The van der Waals surface area contributed by atoms with Crippen molar-refractivity contribution in [1.82, 2.24) is 24.7 Å². The molecule has 1 aliphatic rings. The van der Waals surface area contributed by atoms with Gasteiger partial charge in [-0.05, 0) is 18.6 Å². The van der Waals surface area contributed by atoms with Gasteiger partial charge in [0.05, 0.1) is 24.3 Å². The number of anilines is 2. The Hall–Kier alpha value is -3.20. The van der Waals surface area contributed by atoms with Crippen molar-refractivity contribution in [2.24, 2.45) is 0 Å². The number of carbonyl (C=O) groups excluding carboxylic acids is 1. The third-order valence-electron chi connectivity index (χ3n) is 5.07. The molecule has 1 aliphatic heterocycles. The number of hydrogen-bond donors (Lipinski definition) is 2. The Morgan fingerprint density at radius 1 is 1.34 bits per heavy atom. The molecule has 0 spiro atoms. The van der Waals surface area contributed by atoms with Crippen molar-refractivity contribution in [3.05, 3.63) is 48.7 Å². The summed E-state index contributed by atoms with van der Waals surface area (Å²) in [6.45, 7) is 0.918. The fourth-order valence-electron chi connectivity index (χ4n) is 3.64. The number of carbonyl (C=O) groups is 1. The number of nitrogens with one attached hydrogen (secondary N) is 1. The van der Waals surface area contributed by atoms with E-state index in [4.69, 9.17) is 0 Å². The zero-order chi connectivity index (χ0) is 20.4. The van der Waals surface area contributed by atoms with E-state index in [1.807, 2.05) is 65.0 Å². The summed E-state index contributed by atoms with van der Waals surface area (Å²) in [5, 5.41) is 13.2. The predicted octanol–water partition coefficient (Wildman–Crippen LogP) is 0.489. The second kappa shape index (κ2) is 8.04. The maximum absolute atomic E-state index is 12.4. The summed E-state index contributed by atoms with van der Waals surface area (Å²) < 4.78 is 1.90. The van der Waals surface area contributed by atoms with Gasteiger partial charge in [-0.3, -0.25) is 4.79 Å². The zero-order valence-corrected chi connectivity index (χ0v) is 16.6. The molecule has 2 N–H and O–H groups in total. The van der Waals surface area contributed by atoms with Crippen LogP contribution < -0.4 is 15.1 Å². The van der Waals surface area contributed by atoms with Gasteiger partial charge in [0, 0.05) is 45.6 Å². The smallest absolute Gasteiger partial charge is 0.226 e. The van der Waals surface area contributed by atoms with Gasteiger partial charge in [0.15, 0.2) is 0 Å². The van der Waals surface area contributed by atoms with Crippen LogP contribution in [0.4, 0.5) is 11.6 Å². The maximum atomic E-state index is 12.4. The molecule has 0 aliphatic carbocycles. The number of β-amino-alcohol motifs (C(OH)–C–C–N with tert-alkyl or cyclic N) is 1. The average molecular weight is 395 g/mol. The van der Waals surface area contributed by atoms with E-state index < -0.39 is 6.10 Å². The lowest BCUT2D eigenvalue weighted by atomic mass is 10.2. The Kier molecular flexibility index (Phi) is 5.30. The highest BCUT2D eigenvalue weighted by Gasteiger charge is 2.32. The SMILES string of the molecule is CN(C)c1cc(N2C[C@H](O)C[C@@H]2CNC(=O)Cc2cn3ccccc3n2)ncn1. The maximum Gasteiger partial charge on any atom is 0.226 e. The lowest BCUT2D eigenvalue weighted by Crippen LogP contribution is -2.41. The molecule has 2 atom stereocenters. The van der Waals surface area contributed by atoms with E-state index in [-0.39, 0.29) is 18.4 Å².